The molecule has 2 aromatic heterocycles. The van der Waals surface area contributed by atoms with Crippen molar-refractivity contribution in [2.45, 2.75) is 44.6 Å². The summed E-state index contributed by atoms with van der Waals surface area (Å²) in [7, 11) is -5.04. The minimum absolute atomic E-state index is 0.0435. The molecule has 2 aromatic rings. The minimum atomic E-state index is -5.04. The molecule has 0 bridgehead atoms. The van der Waals surface area contributed by atoms with Gasteiger partial charge < -0.3 is 32.5 Å². The van der Waals surface area contributed by atoms with Crippen molar-refractivity contribution < 1.29 is 37.3 Å². The zero-order chi connectivity index (χ0) is 28.4. The predicted molar refractivity (Wildman–Crippen MR) is 127 cm³/mol. The van der Waals surface area contributed by atoms with E-state index >= 15 is 0 Å². The van der Waals surface area contributed by atoms with E-state index in [0.717, 1.165) is 16.1 Å². The topological polar surface area (TPSA) is 310 Å². The molecule has 0 aliphatic carbocycles. The molecule has 3 rings (SSSR count). The van der Waals surface area contributed by atoms with Gasteiger partial charge in [0, 0.05) is 5.38 Å². The van der Waals surface area contributed by atoms with Crippen molar-refractivity contribution in [3.8, 4) is 0 Å². The molecule has 38 heavy (non-hydrogen) atoms. The Labute approximate surface area is 217 Å². The molecule has 20 nitrogen and oxygen atoms in total. The lowest BCUT2D eigenvalue weighted by molar-refractivity contribution is -0.161. The number of carbonyl (C=O) groups is 3. The van der Waals surface area contributed by atoms with Crippen LogP contribution in [0.1, 0.15) is 25.4 Å². The zero-order valence-corrected chi connectivity index (χ0v) is 21.2. The van der Waals surface area contributed by atoms with Crippen LogP contribution in [0.3, 0.4) is 0 Å². The van der Waals surface area contributed by atoms with Gasteiger partial charge >= 0.3 is 16.3 Å². The summed E-state index contributed by atoms with van der Waals surface area (Å²) in [6, 6.07) is -2.92. The first-order valence-corrected chi connectivity index (χ1v) is 12.5. The van der Waals surface area contributed by atoms with Crippen LogP contribution in [0.4, 0.5) is 5.13 Å². The largest absolute Gasteiger partial charge is 0.478 e. The fourth-order valence-electron chi connectivity index (χ4n) is 2.90. The van der Waals surface area contributed by atoms with E-state index in [1.807, 2.05) is 0 Å². The summed E-state index contributed by atoms with van der Waals surface area (Å²) in [6.07, 6.45) is 0. The maximum Gasteiger partial charge on any atom is 0.362 e. The second kappa shape index (κ2) is 10.5. The number of hydrogen-bond donors (Lipinski definition) is 6. The van der Waals surface area contributed by atoms with Crippen molar-refractivity contribution >= 4 is 56.2 Å². The second-order valence-corrected chi connectivity index (χ2v) is 10.2. The third-order valence-corrected chi connectivity index (χ3v) is 6.43. The summed E-state index contributed by atoms with van der Waals surface area (Å²) in [6.45, 7) is 1.76. The van der Waals surface area contributed by atoms with Crippen LogP contribution in [-0.2, 0) is 42.6 Å². The first-order chi connectivity index (χ1) is 17.6. The number of aromatic nitrogens is 5. The van der Waals surface area contributed by atoms with E-state index in [1.54, 1.807) is 0 Å². The average Bonchev–Trinajstić information content (AvgIpc) is 3.43. The van der Waals surface area contributed by atoms with Crippen LogP contribution in [0.25, 0.3) is 0 Å². The van der Waals surface area contributed by atoms with Crippen LogP contribution in [-0.4, -0.2) is 94.7 Å². The molecule has 1 saturated heterocycles. The summed E-state index contributed by atoms with van der Waals surface area (Å²) in [5.41, 5.74) is 13.6. The zero-order valence-electron chi connectivity index (χ0n) is 19.6. The number of carboxylic acids is 1. The molecule has 22 heteroatoms. The molecule has 2 atom stereocenters. The highest BCUT2D eigenvalue weighted by Gasteiger charge is 2.54. The minimum Gasteiger partial charge on any atom is -0.478 e. The maximum absolute atomic E-state index is 13.1. The molecule has 1 fully saturated rings. The molecule has 0 aromatic carbocycles. The Bertz CT molecular complexity index is 1410. The van der Waals surface area contributed by atoms with Crippen molar-refractivity contribution in [3.05, 3.63) is 16.9 Å². The lowest BCUT2D eigenvalue weighted by atomic mass is 9.98. The number of thiazole rings is 1. The molecule has 0 saturated carbocycles. The number of aliphatic carboxylic acids is 1. The molecule has 0 radical (unpaired) electrons. The van der Waals surface area contributed by atoms with Crippen molar-refractivity contribution in [3.63, 3.8) is 0 Å². The SMILES string of the molecule is CC(C)(O/N=C(/C(=O)N[C@@H]1C(=O)N(S(=O)(=O)O)[C@@H]1Cn1nnc(CN=C(N)N)n1)c1csc(N)n1)C(=O)O. The van der Waals surface area contributed by atoms with Crippen molar-refractivity contribution in [2.24, 2.45) is 21.6 Å². The number of β-lactam (4-membered cyclic amide) rings is 1. The van der Waals surface area contributed by atoms with E-state index in [1.165, 1.54) is 19.2 Å². The molecule has 9 N–H and O–H groups in total. The molecule has 2 amide bonds. The van der Waals surface area contributed by atoms with Crippen LogP contribution in [0.2, 0.25) is 0 Å². The molecule has 0 spiro atoms. The molecule has 0 unspecified atom stereocenters. The van der Waals surface area contributed by atoms with Gasteiger partial charge in [0.05, 0.1) is 6.54 Å². The number of tetrazole rings is 1. The number of rotatable bonds is 11. The average molecular weight is 575 g/mol. The van der Waals surface area contributed by atoms with Crippen LogP contribution < -0.4 is 22.5 Å². The first kappa shape index (κ1) is 28.1. The Kier molecular flexibility index (Phi) is 7.78. The van der Waals surface area contributed by atoms with Gasteiger partial charge in [-0.25, -0.2) is 19.1 Å². The number of aliphatic imine (C=N–C) groups is 1. The maximum atomic E-state index is 13.1. The summed E-state index contributed by atoms with van der Waals surface area (Å²) in [5, 5.41) is 27.8. The van der Waals surface area contributed by atoms with E-state index in [-0.39, 0.29) is 33.5 Å². The number of anilines is 1. The number of guanidine groups is 1. The third-order valence-electron chi connectivity index (χ3n) is 4.81. The number of nitrogens with one attached hydrogen (secondary N) is 1. The van der Waals surface area contributed by atoms with Gasteiger partial charge in [0.1, 0.15) is 24.3 Å². The smallest absolute Gasteiger partial charge is 0.362 e. The van der Waals surface area contributed by atoms with E-state index in [9.17, 15) is 32.5 Å². The van der Waals surface area contributed by atoms with Crippen LogP contribution in [0.15, 0.2) is 15.5 Å². The Morgan fingerprint density at radius 1 is 1.34 bits per heavy atom. The van der Waals surface area contributed by atoms with Gasteiger partial charge in [-0.2, -0.15) is 13.2 Å². The summed E-state index contributed by atoms with van der Waals surface area (Å²) in [5.74, 6) is -3.85. The Balaban J connectivity index is 1.87. The lowest BCUT2D eigenvalue weighted by Gasteiger charge is -2.43. The molecule has 1 aliphatic rings. The van der Waals surface area contributed by atoms with Gasteiger partial charge in [-0.05, 0) is 19.1 Å². The van der Waals surface area contributed by atoms with Crippen molar-refractivity contribution in [1.29, 1.82) is 0 Å². The molecule has 1 aliphatic heterocycles. The number of nitrogens with zero attached hydrogens (tertiary/aromatic N) is 8. The van der Waals surface area contributed by atoms with E-state index in [2.05, 4.69) is 35.9 Å². The van der Waals surface area contributed by atoms with Crippen molar-refractivity contribution in [1.82, 2.24) is 34.8 Å². The highest BCUT2D eigenvalue weighted by atomic mass is 32.2. The number of hydrogen-bond acceptors (Lipinski definition) is 14. The molecule has 3 heterocycles. The third kappa shape index (κ3) is 6.27. The first-order valence-electron chi connectivity index (χ1n) is 10.2. The standard InChI is InChI=1S/C16H22N12O8S2/c1-16(2,13(31)32)36-25-9(6-5-37-15(19)21-6)11(29)22-10-7(28(12(10)30)38(33,34)35)4-27-24-8(23-26-27)3-20-14(17)18/h5,7,10H,3-4H2,1-2H3,(H2,19,21)(H,22,29)(H,31,32)(H4,17,18,20)(H,33,34,35)/b25-9+/t7-,10+/m1/s1. The van der Waals surface area contributed by atoms with Crippen LogP contribution >= 0.6 is 11.3 Å². The second-order valence-electron chi connectivity index (χ2n) is 8.05. The number of amides is 2. The Hall–Kier alpha value is -4.44. The van der Waals surface area contributed by atoms with Gasteiger partial charge in [-0.1, -0.05) is 5.16 Å². The number of carboxylic acid groups (broad SMARTS) is 1. The van der Waals surface area contributed by atoms with Gasteiger partial charge in [-0.15, -0.1) is 21.5 Å². The summed E-state index contributed by atoms with van der Waals surface area (Å²) >= 11 is 0.938. The predicted octanol–water partition coefficient (Wildman–Crippen LogP) is -3.73. The Morgan fingerprint density at radius 3 is 2.58 bits per heavy atom. The molecular formula is C16H22N12O8S2. The van der Waals surface area contributed by atoms with Crippen molar-refractivity contribution in [2.75, 3.05) is 5.73 Å². The fraction of sp³-hybridized carbons (Fsp3) is 0.438. The van der Waals surface area contributed by atoms with E-state index in [4.69, 9.17) is 22.0 Å². The molecule has 206 valence electrons. The van der Waals surface area contributed by atoms with E-state index < -0.39 is 58.0 Å². The van der Waals surface area contributed by atoms with Gasteiger partial charge in [0.15, 0.2) is 22.6 Å². The number of oxime groups is 1. The quantitative estimate of drug-likeness (QED) is 0.0494. The van der Waals surface area contributed by atoms with Crippen LogP contribution in [0.5, 0.6) is 0 Å². The number of nitrogens with two attached hydrogens (primary N) is 3. The number of nitrogen functional groups attached to an aromatic ring is 1. The highest BCUT2D eigenvalue weighted by molar-refractivity contribution is 7.84. The normalized spacial score (nSPS) is 18.0. The summed E-state index contributed by atoms with van der Waals surface area (Å²) in [4.78, 5) is 50.5. The molecular weight excluding hydrogens is 552 g/mol. The fourth-order valence-corrected chi connectivity index (χ4v) is 4.32. The Morgan fingerprint density at radius 2 is 2.03 bits per heavy atom. The van der Waals surface area contributed by atoms with E-state index in [0.29, 0.717) is 0 Å². The highest BCUT2D eigenvalue weighted by Crippen LogP contribution is 2.25. The number of carbonyl (C=O) groups excluding carboxylic acids is 2. The lowest BCUT2D eigenvalue weighted by Crippen LogP contribution is -2.73. The monoisotopic (exact) mass is 574 g/mol. The van der Waals surface area contributed by atoms with Gasteiger partial charge in [0.25, 0.3) is 11.8 Å². The van der Waals surface area contributed by atoms with Gasteiger partial charge in [-0.3, -0.25) is 14.1 Å². The van der Waals surface area contributed by atoms with Gasteiger partial charge in [0.2, 0.25) is 5.60 Å². The summed E-state index contributed by atoms with van der Waals surface area (Å²) < 4.78 is 33.2. The van der Waals surface area contributed by atoms with Crippen LogP contribution in [0, 0.1) is 0 Å².